The Kier molecular flexibility index (Phi) is 6.10. The molecule has 0 aromatic heterocycles. The molecule has 134 valence electrons. The van der Waals surface area contributed by atoms with Crippen LogP contribution >= 0.6 is 0 Å². The van der Waals surface area contributed by atoms with Gasteiger partial charge >= 0.3 is 6.09 Å². The van der Waals surface area contributed by atoms with Crippen molar-refractivity contribution >= 4 is 11.8 Å². The number of nitrogens with one attached hydrogen (secondary N) is 1. The first-order chi connectivity index (χ1) is 12.8. The molecule has 0 spiro atoms. The van der Waals surface area contributed by atoms with Crippen LogP contribution in [0.1, 0.15) is 24.0 Å². The zero-order valence-electron chi connectivity index (χ0n) is 14.7. The second-order valence-corrected chi connectivity index (χ2v) is 6.50. The van der Waals surface area contributed by atoms with Crippen molar-refractivity contribution in [2.45, 2.75) is 19.4 Å². The largest absolute Gasteiger partial charge is 0.445 e. The minimum absolute atomic E-state index is 0.288. The molecule has 2 aromatic rings. The van der Waals surface area contributed by atoms with Gasteiger partial charge in [0.2, 0.25) is 0 Å². The van der Waals surface area contributed by atoms with E-state index in [2.05, 4.69) is 16.3 Å². The first kappa shape index (κ1) is 17.8. The number of nitrogens with zero attached hydrogens (tertiary/aromatic N) is 2. The molecule has 0 aliphatic carbocycles. The molecule has 5 heteroatoms. The monoisotopic (exact) mass is 349 g/mol. The minimum Gasteiger partial charge on any atom is -0.445 e. The van der Waals surface area contributed by atoms with Gasteiger partial charge in [-0.05, 0) is 36.5 Å². The summed E-state index contributed by atoms with van der Waals surface area (Å²) in [5.74, 6) is 0.435. The molecule has 3 rings (SSSR count). The smallest absolute Gasteiger partial charge is 0.407 e. The predicted octanol–water partition coefficient (Wildman–Crippen LogP) is 3.70. The van der Waals surface area contributed by atoms with Crippen molar-refractivity contribution < 1.29 is 9.53 Å². The highest BCUT2D eigenvalue weighted by atomic mass is 16.5. The average molecular weight is 349 g/mol. The summed E-state index contributed by atoms with van der Waals surface area (Å²) < 4.78 is 5.24. The SMILES string of the molecule is N#Cc1ccccc1N1CCC(CNC(=O)OCc2ccccc2)CC1. The Labute approximate surface area is 154 Å². The zero-order chi connectivity index (χ0) is 18.2. The topological polar surface area (TPSA) is 65.4 Å². The number of para-hydroxylation sites is 1. The van der Waals surface area contributed by atoms with Crippen molar-refractivity contribution in [2.75, 3.05) is 24.5 Å². The van der Waals surface area contributed by atoms with Crippen molar-refractivity contribution in [3.8, 4) is 6.07 Å². The van der Waals surface area contributed by atoms with E-state index in [9.17, 15) is 10.1 Å². The number of carbonyl (C=O) groups is 1. The number of benzene rings is 2. The lowest BCUT2D eigenvalue weighted by Crippen LogP contribution is -2.39. The molecule has 1 N–H and O–H groups in total. The summed E-state index contributed by atoms with van der Waals surface area (Å²) in [5.41, 5.74) is 2.70. The summed E-state index contributed by atoms with van der Waals surface area (Å²) >= 11 is 0. The summed E-state index contributed by atoms with van der Waals surface area (Å²) in [6.45, 7) is 2.70. The number of nitriles is 1. The number of hydrogen-bond donors (Lipinski definition) is 1. The number of hydrogen-bond acceptors (Lipinski definition) is 4. The third-order valence-electron chi connectivity index (χ3n) is 4.73. The van der Waals surface area contributed by atoms with E-state index in [1.54, 1.807) is 0 Å². The minimum atomic E-state index is -0.369. The van der Waals surface area contributed by atoms with Crippen LogP contribution in [0.5, 0.6) is 0 Å². The number of piperidine rings is 1. The predicted molar refractivity (Wildman–Crippen MR) is 101 cm³/mol. The van der Waals surface area contributed by atoms with Gasteiger partial charge < -0.3 is 15.0 Å². The maximum atomic E-state index is 11.8. The Hall–Kier alpha value is -3.00. The lowest BCUT2D eigenvalue weighted by molar-refractivity contribution is 0.137. The van der Waals surface area contributed by atoms with Crippen molar-refractivity contribution in [2.24, 2.45) is 5.92 Å². The molecule has 5 nitrogen and oxygen atoms in total. The third-order valence-corrected chi connectivity index (χ3v) is 4.73. The van der Waals surface area contributed by atoms with Gasteiger partial charge in [-0.3, -0.25) is 0 Å². The van der Waals surface area contributed by atoms with E-state index in [1.807, 2.05) is 54.6 Å². The van der Waals surface area contributed by atoms with Gasteiger partial charge in [-0.1, -0.05) is 42.5 Å². The normalized spacial score (nSPS) is 14.5. The maximum absolute atomic E-state index is 11.8. The molecule has 1 amide bonds. The second kappa shape index (κ2) is 8.91. The number of carbonyl (C=O) groups excluding carboxylic acids is 1. The highest BCUT2D eigenvalue weighted by Crippen LogP contribution is 2.25. The number of alkyl carbamates (subject to hydrolysis) is 1. The maximum Gasteiger partial charge on any atom is 0.407 e. The van der Waals surface area contributed by atoms with Crippen LogP contribution in [0, 0.1) is 17.2 Å². The summed E-state index contributed by atoms with van der Waals surface area (Å²) in [6.07, 6.45) is 1.60. The van der Waals surface area contributed by atoms with Crippen LogP contribution in [0.25, 0.3) is 0 Å². The van der Waals surface area contributed by atoms with E-state index >= 15 is 0 Å². The molecular formula is C21H23N3O2. The molecule has 2 aromatic carbocycles. The fourth-order valence-corrected chi connectivity index (χ4v) is 3.22. The van der Waals surface area contributed by atoms with Gasteiger partial charge in [-0.2, -0.15) is 5.26 Å². The molecule has 0 unspecified atom stereocenters. The van der Waals surface area contributed by atoms with Gasteiger partial charge in [0, 0.05) is 19.6 Å². The van der Waals surface area contributed by atoms with Crippen molar-refractivity contribution in [1.82, 2.24) is 5.32 Å². The zero-order valence-corrected chi connectivity index (χ0v) is 14.7. The molecule has 0 atom stereocenters. The van der Waals surface area contributed by atoms with E-state index in [0.29, 0.717) is 18.0 Å². The molecule has 0 radical (unpaired) electrons. The van der Waals surface area contributed by atoms with Crippen LogP contribution in [-0.2, 0) is 11.3 Å². The first-order valence-corrected chi connectivity index (χ1v) is 8.95. The molecule has 26 heavy (non-hydrogen) atoms. The molecule has 1 aliphatic rings. The number of ether oxygens (including phenoxy) is 1. The highest BCUT2D eigenvalue weighted by Gasteiger charge is 2.21. The van der Waals surface area contributed by atoms with E-state index in [1.165, 1.54) is 0 Å². The standard InChI is InChI=1S/C21H23N3O2/c22-14-19-8-4-5-9-20(19)24-12-10-17(11-13-24)15-23-21(25)26-16-18-6-2-1-3-7-18/h1-9,17H,10-13,15-16H2,(H,23,25). The molecular weight excluding hydrogens is 326 g/mol. The van der Waals surface area contributed by atoms with Crippen LogP contribution < -0.4 is 10.2 Å². The summed E-state index contributed by atoms with van der Waals surface area (Å²) in [4.78, 5) is 14.1. The van der Waals surface area contributed by atoms with Crippen molar-refractivity contribution in [1.29, 1.82) is 5.26 Å². The van der Waals surface area contributed by atoms with Gasteiger partial charge in [0.05, 0.1) is 11.3 Å². The van der Waals surface area contributed by atoms with E-state index in [0.717, 1.165) is 37.2 Å². The fraction of sp³-hybridized carbons (Fsp3) is 0.333. The van der Waals surface area contributed by atoms with Crippen LogP contribution in [0.15, 0.2) is 54.6 Å². The van der Waals surface area contributed by atoms with Gasteiger partial charge in [-0.25, -0.2) is 4.79 Å². The van der Waals surface area contributed by atoms with Gasteiger partial charge in [0.1, 0.15) is 12.7 Å². The Balaban J connectivity index is 1.40. The summed E-state index contributed by atoms with van der Waals surface area (Å²) in [7, 11) is 0. The van der Waals surface area contributed by atoms with E-state index in [-0.39, 0.29) is 12.7 Å². The van der Waals surface area contributed by atoms with Crippen LogP contribution in [0.4, 0.5) is 10.5 Å². The molecule has 1 aliphatic heterocycles. The number of rotatable bonds is 5. The second-order valence-electron chi connectivity index (χ2n) is 6.50. The molecule has 1 fully saturated rings. The van der Waals surface area contributed by atoms with Gasteiger partial charge in [-0.15, -0.1) is 0 Å². The molecule has 1 heterocycles. The Morgan fingerprint density at radius 1 is 1.12 bits per heavy atom. The van der Waals surface area contributed by atoms with Crippen LogP contribution in [0.2, 0.25) is 0 Å². The van der Waals surface area contributed by atoms with Gasteiger partial charge in [0.25, 0.3) is 0 Å². The third kappa shape index (κ3) is 4.76. The van der Waals surface area contributed by atoms with E-state index < -0.39 is 0 Å². The molecule has 1 saturated heterocycles. The lowest BCUT2D eigenvalue weighted by Gasteiger charge is -2.34. The van der Waals surface area contributed by atoms with Gasteiger partial charge in [0.15, 0.2) is 0 Å². The van der Waals surface area contributed by atoms with E-state index in [4.69, 9.17) is 4.74 Å². The van der Waals surface area contributed by atoms with Crippen LogP contribution in [-0.4, -0.2) is 25.7 Å². The quantitative estimate of drug-likeness (QED) is 0.894. The van der Waals surface area contributed by atoms with Crippen LogP contribution in [0.3, 0.4) is 0 Å². The summed E-state index contributed by atoms with van der Waals surface area (Å²) in [6, 6.07) is 19.6. The Bertz CT molecular complexity index is 762. The lowest BCUT2D eigenvalue weighted by atomic mass is 9.96. The van der Waals surface area contributed by atoms with Crippen molar-refractivity contribution in [3.05, 3.63) is 65.7 Å². The average Bonchev–Trinajstić information content (AvgIpc) is 2.72. The Morgan fingerprint density at radius 2 is 1.81 bits per heavy atom. The highest BCUT2D eigenvalue weighted by molar-refractivity contribution is 5.67. The first-order valence-electron chi connectivity index (χ1n) is 8.95. The van der Waals surface area contributed by atoms with Crippen molar-refractivity contribution in [3.63, 3.8) is 0 Å². The number of amides is 1. The molecule has 0 bridgehead atoms. The molecule has 0 saturated carbocycles. The number of anilines is 1. The summed E-state index contributed by atoms with van der Waals surface area (Å²) in [5, 5.41) is 12.1. The Morgan fingerprint density at radius 3 is 2.54 bits per heavy atom. The fourth-order valence-electron chi connectivity index (χ4n) is 3.22.